The van der Waals surface area contributed by atoms with Crippen molar-refractivity contribution in [2.24, 2.45) is 11.3 Å². The van der Waals surface area contributed by atoms with Gasteiger partial charge in [0.25, 0.3) is 8.32 Å². The van der Waals surface area contributed by atoms with Crippen LogP contribution in [0.1, 0.15) is 73.1 Å². The standard InChI is InChI=1S/C31H47NO2Si/c1-30(2,3)35(28-18-8-6-9-19-28,29-20-10-7-11-21-29)34-23-25-22-32(24-31(25,4)5)26-14-12-16-27(33)17-13-15-26/h6-11,18-21,25-27,33H,12-17,22-24H2,1-5H3. The van der Waals surface area contributed by atoms with Crippen molar-refractivity contribution in [3.8, 4) is 0 Å². The van der Waals surface area contributed by atoms with Crippen LogP contribution in [0.5, 0.6) is 0 Å². The van der Waals surface area contributed by atoms with Crippen LogP contribution in [-0.4, -0.2) is 50.2 Å². The van der Waals surface area contributed by atoms with Gasteiger partial charge >= 0.3 is 0 Å². The lowest BCUT2D eigenvalue weighted by molar-refractivity contribution is 0.115. The van der Waals surface area contributed by atoms with Crippen LogP contribution in [0.4, 0.5) is 0 Å². The molecule has 2 aromatic rings. The number of aliphatic hydroxyl groups excluding tert-OH is 1. The number of nitrogens with zero attached hydrogens (tertiary/aromatic N) is 1. The largest absolute Gasteiger partial charge is 0.407 e. The van der Waals surface area contributed by atoms with Crippen molar-refractivity contribution in [1.29, 1.82) is 0 Å². The van der Waals surface area contributed by atoms with Crippen molar-refractivity contribution in [1.82, 2.24) is 4.90 Å². The SMILES string of the molecule is CC1(C)CN(C2CCCC(O)CCC2)CC1CO[Si](c1ccccc1)(c1ccccc1)C(C)(C)C. The van der Waals surface area contributed by atoms with Gasteiger partial charge in [0.1, 0.15) is 0 Å². The van der Waals surface area contributed by atoms with Gasteiger partial charge in [0.05, 0.1) is 6.10 Å². The number of hydrogen-bond acceptors (Lipinski definition) is 3. The van der Waals surface area contributed by atoms with E-state index in [4.69, 9.17) is 4.43 Å². The predicted molar refractivity (Wildman–Crippen MR) is 150 cm³/mol. The third-order valence-corrected chi connectivity index (χ3v) is 13.8. The van der Waals surface area contributed by atoms with Gasteiger partial charge in [0, 0.05) is 31.7 Å². The lowest BCUT2D eigenvalue weighted by atomic mass is 9.83. The number of rotatable bonds is 6. The van der Waals surface area contributed by atoms with Crippen LogP contribution in [-0.2, 0) is 4.43 Å². The van der Waals surface area contributed by atoms with Crippen LogP contribution in [0.2, 0.25) is 5.04 Å². The highest BCUT2D eigenvalue weighted by atomic mass is 28.4. The Bertz CT molecular complexity index is 875. The zero-order chi connectivity index (χ0) is 25.1. The molecule has 4 rings (SSSR count). The summed E-state index contributed by atoms with van der Waals surface area (Å²) < 4.78 is 7.36. The van der Waals surface area contributed by atoms with Gasteiger partial charge in [0.2, 0.25) is 0 Å². The van der Waals surface area contributed by atoms with E-state index < -0.39 is 8.32 Å². The molecule has 35 heavy (non-hydrogen) atoms. The first kappa shape index (κ1) is 26.6. The Morgan fingerprint density at radius 2 is 1.40 bits per heavy atom. The first-order chi connectivity index (χ1) is 16.6. The summed E-state index contributed by atoms with van der Waals surface area (Å²) in [6.07, 6.45) is 6.57. The number of likely N-dealkylation sites (tertiary alicyclic amines) is 1. The Labute approximate surface area is 215 Å². The minimum Gasteiger partial charge on any atom is -0.407 e. The molecule has 1 atom stereocenters. The summed E-state index contributed by atoms with van der Waals surface area (Å²) >= 11 is 0. The van der Waals surface area contributed by atoms with Crippen LogP contribution < -0.4 is 10.4 Å². The molecule has 1 saturated heterocycles. The molecular formula is C31H47NO2Si. The van der Waals surface area contributed by atoms with E-state index in [2.05, 4.69) is 100 Å². The number of benzene rings is 2. The topological polar surface area (TPSA) is 32.7 Å². The molecule has 0 radical (unpaired) electrons. The lowest BCUT2D eigenvalue weighted by Crippen LogP contribution is -2.67. The van der Waals surface area contributed by atoms with Crippen molar-refractivity contribution in [2.45, 2.75) is 90.3 Å². The van der Waals surface area contributed by atoms with Gasteiger partial charge in [0.15, 0.2) is 0 Å². The fraction of sp³-hybridized carbons (Fsp3) is 0.613. The van der Waals surface area contributed by atoms with E-state index in [1.807, 2.05) is 0 Å². The summed E-state index contributed by atoms with van der Waals surface area (Å²) in [5.74, 6) is 0.514. The van der Waals surface area contributed by atoms with E-state index in [1.165, 1.54) is 23.2 Å². The van der Waals surface area contributed by atoms with Crippen molar-refractivity contribution in [3.63, 3.8) is 0 Å². The smallest absolute Gasteiger partial charge is 0.261 e. The van der Waals surface area contributed by atoms with Gasteiger partial charge in [-0.05, 0) is 59.4 Å². The first-order valence-electron chi connectivity index (χ1n) is 13.8. The molecule has 1 aliphatic heterocycles. The quantitative estimate of drug-likeness (QED) is 0.531. The van der Waals surface area contributed by atoms with Crippen LogP contribution in [0, 0.1) is 11.3 Å². The highest BCUT2D eigenvalue weighted by Crippen LogP contribution is 2.41. The van der Waals surface area contributed by atoms with E-state index in [0.29, 0.717) is 12.0 Å². The molecule has 192 valence electrons. The fourth-order valence-corrected chi connectivity index (χ4v) is 11.2. The van der Waals surface area contributed by atoms with Gasteiger partial charge in [-0.25, -0.2) is 0 Å². The molecule has 1 saturated carbocycles. The summed E-state index contributed by atoms with van der Waals surface area (Å²) in [4.78, 5) is 2.76. The minimum absolute atomic E-state index is 0.0124. The molecule has 0 spiro atoms. The highest BCUT2D eigenvalue weighted by molar-refractivity contribution is 6.99. The molecule has 1 heterocycles. The number of aliphatic hydroxyl groups is 1. The van der Waals surface area contributed by atoms with Crippen molar-refractivity contribution in [3.05, 3.63) is 60.7 Å². The zero-order valence-electron chi connectivity index (χ0n) is 22.7. The normalized spacial score (nSPS) is 26.3. The van der Waals surface area contributed by atoms with Crippen molar-refractivity contribution in [2.75, 3.05) is 19.7 Å². The second-order valence-electron chi connectivity index (χ2n) is 12.8. The molecule has 1 aliphatic carbocycles. The average molecular weight is 494 g/mol. The number of hydrogen-bond donors (Lipinski definition) is 1. The Morgan fingerprint density at radius 1 is 0.886 bits per heavy atom. The Hall–Kier alpha value is -1.46. The Morgan fingerprint density at radius 3 is 1.89 bits per heavy atom. The van der Waals surface area contributed by atoms with E-state index in [1.54, 1.807) is 0 Å². The highest BCUT2D eigenvalue weighted by Gasteiger charge is 2.51. The van der Waals surface area contributed by atoms with Crippen LogP contribution in [0.3, 0.4) is 0 Å². The van der Waals surface area contributed by atoms with E-state index in [9.17, 15) is 5.11 Å². The van der Waals surface area contributed by atoms with Gasteiger partial charge in [-0.1, -0.05) is 95.3 Å². The van der Waals surface area contributed by atoms with Gasteiger partial charge < -0.3 is 9.53 Å². The Kier molecular flexibility index (Phi) is 8.27. The molecule has 0 bridgehead atoms. The zero-order valence-corrected chi connectivity index (χ0v) is 23.7. The minimum atomic E-state index is -2.51. The second kappa shape index (κ2) is 10.9. The van der Waals surface area contributed by atoms with Crippen LogP contribution in [0.25, 0.3) is 0 Å². The first-order valence-corrected chi connectivity index (χ1v) is 15.7. The summed E-state index contributed by atoms with van der Waals surface area (Å²) in [6, 6.07) is 22.7. The lowest BCUT2D eigenvalue weighted by Gasteiger charge is -2.44. The van der Waals surface area contributed by atoms with Crippen molar-refractivity contribution < 1.29 is 9.53 Å². The predicted octanol–water partition coefficient (Wildman–Crippen LogP) is 5.60. The Balaban J connectivity index is 1.58. The third kappa shape index (κ3) is 5.77. The van der Waals surface area contributed by atoms with Crippen molar-refractivity contribution >= 4 is 18.7 Å². The maximum absolute atomic E-state index is 10.1. The molecular weight excluding hydrogens is 446 g/mol. The molecule has 2 aromatic carbocycles. The molecule has 0 amide bonds. The van der Waals surface area contributed by atoms with Crippen LogP contribution in [0.15, 0.2) is 60.7 Å². The molecule has 4 heteroatoms. The molecule has 0 aromatic heterocycles. The molecule has 2 aliphatic rings. The summed E-state index contributed by atoms with van der Waals surface area (Å²) in [6.45, 7) is 15.1. The van der Waals surface area contributed by atoms with E-state index in [-0.39, 0.29) is 16.6 Å². The molecule has 1 unspecified atom stereocenters. The summed E-state index contributed by atoms with van der Waals surface area (Å²) in [7, 11) is -2.51. The third-order valence-electron chi connectivity index (χ3n) is 8.75. The molecule has 1 N–H and O–H groups in total. The van der Waals surface area contributed by atoms with Gasteiger partial charge in [-0.15, -0.1) is 0 Å². The summed E-state index contributed by atoms with van der Waals surface area (Å²) in [5.41, 5.74) is 0.229. The second-order valence-corrected chi connectivity index (χ2v) is 17.1. The molecule has 2 fully saturated rings. The van der Waals surface area contributed by atoms with E-state index >= 15 is 0 Å². The maximum atomic E-state index is 10.1. The van der Waals surface area contributed by atoms with Gasteiger partial charge in [-0.3, -0.25) is 4.90 Å². The van der Waals surface area contributed by atoms with E-state index in [0.717, 1.165) is 45.4 Å². The average Bonchev–Trinajstić information content (AvgIpc) is 3.11. The monoisotopic (exact) mass is 493 g/mol. The molecule has 3 nitrogen and oxygen atoms in total. The fourth-order valence-electron chi connectivity index (χ4n) is 6.62. The van der Waals surface area contributed by atoms with Gasteiger partial charge in [-0.2, -0.15) is 0 Å². The maximum Gasteiger partial charge on any atom is 0.261 e. The van der Waals surface area contributed by atoms with Crippen LogP contribution >= 0.6 is 0 Å². The summed E-state index contributed by atoms with van der Waals surface area (Å²) in [5, 5.41) is 12.8.